The molecule has 8 nitrogen and oxygen atoms in total. The summed E-state index contributed by atoms with van der Waals surface area (Å²) in [6, 6.07) is 3.30. The largest absolute Gasteiger partial charge is 0.464 e. The second-order valence-corrected chi connectivity index (χ2v) is 5.55. The lowest BCUT2D eigenvalue weighted by atomic mass is 9.90. The summed E-state index contributed by atoms with van der Waals surface area (Å²) in [5.74, 6) is -0.616. The van der Waals surface area contributed by atoms with Crippen molar-refractivity contribution >= 4 is 18.3 Å². The van der Waals surface area contributed by atoms with Gasteiger partial charge in [0.2, 0.25) is 0 Å². The van der Waals surface area contributed by atoms with Crippen LogP contribution in [-0.2, 0) is 24.6 Å². The maximum Gasteiger partial charge on any atom is 0.355 e. The summed E-state index contributed by atoms with van der Waals surface area (Å²) in [6.07, 6.45) is 2.82. The van der Waals surface area contributed by atoms with E-state index in [0.717, 1.165) is 0 Å². The summed E-state index contributed by atoms with van der Waals surface area (Å²) < 4.78 is 4.79. The third-order valence-corrected chi connectivity index (χ3v) is 4.25. The molecule has 0 aliphatic carbocycles. The molecule has 0 atom stereocenters. The van der Waals surface area contributed by atoms with Crippen molar-refractivity contribution in [3.05, 3.63) is 52.4 Å². The number of carbonyl (C=O) groups is 1. The molecule has 2 rings (SSSR count). The van der Waals surface area contributed by atoms with Gasteiger partial charge in [-0.05, 0) is 22.3 Å². The predicted octanol–water partition coefficient (Wildman–Crippen LogP) is 0.957. The van der Waals surface area contributed by atoms with E-state index in [4.69, 9.17) is 9.84 Å². The molecule has 2 aromatic rings. The van der Waals surface area contributed by atoms with Gasteiger partial charge in [-0.25, -0.2) is 4.79 Å². The van der Waals surface area contributed by atoms with Crippen LogP contribution in [0.4, 0.5) is 0 Å². The van der Waals surface area contributed by atoms with E-state index in [1.54, 1.807) is 12.1 Å². The Morgan fingerprint density at radius 2 is 1.89 bits per heavy atom. The number of aliphatic imine (C=N–C) groups is 1. The number of carbonyl (C=O) groups excluding carboxylic acids is 1. The molecule has 0 amide bonds. The molecule has 0 spiro atoms. The zero-order chi connectivity index (χ0) is 20.0. The Balaban J connectivity index is 2.88. The molecule has 0 saturated carbocycles. The average Bonchev–Trinajstić information content (AvgIpc) is 3.08. The molecule has 0 saturated heterocycles. The molecule has 1 aromatic heterocycles. The molecule has 0 bridgehead atoms. The number of aromatic nitrogens is 1. The zero-order valence-electron chi connectivity index (χ0n) is 14.9. The molecule has 144 valence electrons. The number of rotatable bonds is 8. The van der Waals surface area contributed by atoms with Gasteiger partial charge in [-0.1, -0.05) is 24.8 Å². The monoisotopic (exact) mass is 374 g/mol. The molecule has 8 heteroatoms. The molecule has 0 aliphatic rings. The molecule has 1 aromatic carbocycles. The van der Waals surface area contributed by atoms with E-state index < -0.39 is 19.3 Å². The highest BCUT2D eigenvalue weighted by molar-refractivity contribution is 6.02. The van der Waals surface area contributed by atoms with Crippen molar-refractivity contribution in [2.45, 2.75) is 19.8 Å². The van der Waals surface area contributed by atoms with E-state index in [2.05, 4.69) is 16.6 Å². The van der Waals surface area contributed by atoms with Gasteiger partial charge >= 0.3 is 5.97 Å². The van der Waals surface area contributed by atoms with Gasteiger partial charge in [-0.3, -0.25) is 4.99 Å². The first-order valence-corrected chi connectivity index (χ1v) is 8.11. The number of aliphatic hydroxyl groups excluding tert-OH is 4. The van der Waals surface area contributed by atoms with Crippen LogP contribution in [0.15, 0.2) is 23.7 Å². The second kappa shape index (κ2) is 9.24. The standard InChI is InChI=1S/C19H22N2O6/c1-3-12-17(16(6-20-10-25)21-18(12)19(26)27-2)13-5-4-11(7-22)14(8-23)15(13)9-24/h3-6,21-25H,1,7-10H2,2H3/b20-6+. The summed E-state index contributed by atoms with van der Waals surface area (Å²) in [7, 11) is 1.25. The van der Waals surface area contributed by atoms with Crippen LogP contribution in [-0.4, -0.2) is 51.4 Å². The minimum Gasteiger partial charge on any atom is -0.464 e. The van der Waals surface area contributed by atoms with Crippen LogP contribution in [0.25, 0.3) is 17.2 Å². The number of nitrogens with zero attached hydrogens (tertiary/aromatic N) is 1. The number of aliphatic hydroxyl groups is 4. The Morgan fingerprint density at radius 3 is 2.41 bits per heavy atom. The third-order valence-electron chi connectivity index (χ3n) is 4.25. The van der Waals surface area contributed by atoms with Crippen LogP contribution in [0.1, 0.15) is 38.4 Å². The molecule has 0 aliphatic heterocycles. The number of hydrogen-bond donors (Lipinski definition) is 5. The fraction of sp³-hybridized carbons (Fsp3) is 0.263. The van der Waals surface area contributed by atoms with Crippen molar-refractivity contribution in [2.24, 2.45) is 4.99 Å². The molecule has 0 radical (unpaired) electrons. The Labute approximate surface area is 156 Å². The van der Waals surface area contributed by atoms with Gasteiger partial charge in [-0.15, -0.1) is 0 Å². The number of hydrogen-bond acceptors (Lipinski definition) is 7. The van der Waals surface area contributed by atoms with Gasteiger partial charge in [0.1, 0.15) is 12.4 Å². The van der Waals surface area contributed by atoms with Crippen LogP contribution in [0.5, 0.6) is 0 Å². The number of H-pyrrole nitrogens is 1. The Morgan fingerprint density at radius 1 is 1.19 bits per heavy atom. The quantitative estimate of drug-likeness (QED) is 0.345. The Bertz CT molecular complexity index is 870. The highest BCUT2D eigenvalue weighted by atomic mass is 16.5. The van der Waals surface area contributed by atoms with Crippen LogP contribution in [0.3, 0.4) is 0 Å². The maximum atomic E-state index is 12.1. The fourth-order valence-electron chi connectivity index (χ4n) is 3.02. The van der Waals surface area contributed by atoms with Crippen molar-refractivity contribution < 1.29 is 30.0 Å². The predicted molar refractivity (Wildman–Crippen MR) is 100 cm³/mol. The first-order chi connectivity index (χ1) is 13.1. The van der Waals surface area contributed by atoms with Crippen LogP contribution < -0.4 is 0 Å². The minimum absolute atomic E-state index is 0.141. The summed E-state index contributed by atoms with van der Waals surface area (Å²) >= 11 is 0. The molecule has 5 N–H and O–H groups in total. The molecule has 0 fully saturated rings. The third kappa shape index (κ3) is 3.83. The van der Waals surface area contributed by atoms with Gasteiger partial charge in [0.15, 0.2) is 0 Å². The highest BCUT2D eigenvalue weighted by Gasteiger charge is 2.24. The van der Waals surface area contributed by atoms with Crippen molar-refractivity contribution in [3.8, 4) is 11.1 Å². The number of aromatic amines is 1. The Kier molecular flexibility index (Phi) is 7.03. The number of nitrogens with one attached hydrogen (secondary N) is 1. The SMILES string of the molecule is C=Cc1c(C(=O)OC)[nH]c(/C=N/CO)c1-c1ccc(CO)c(CO)c1CO. The number of ether oxygens (including phenoxy) is 1. The fourth-order valence-corrected chi connectivity index (χ4v) is 3.02. The van der Waals surface area contributed by atoms with Crippen molar-refractivity contribution in [1.82, 2.24) is 4.98 Å². The molecular formula is C19H22N2O6. The van der Waals surface area contributed by atoms with E-state index in [-0.39, 0.29) is 18.9 Å². The number of esters is 1. The highest BCUT2D eigenvalue weighted by Crippen LogP contribution is 2.36. The van der Waals surface area contributed by atoms with E-state index in [9.17, 15) is 20.1 Å². The topological polar surface area (TPSA) is 135 Å². The number of methoxy groups -OCH3 is 1. The van der Waals surface area contributed by atoms with Crippen LogP contribution >= 0.6 is 0 Å². The average molecular weight is 374 g/mol. The Hall–Kier alpha value is -2.78. The number of benzene rings is 1. The van der Waals surface area contributed by atoms with Crippen molar-refractivity contribution in [2.75, 3.05) is 13.8 Å². The summed E-state index contributed by atoms with van der Waals surface area (Å²) in [5.41, 5.74) is 3.29. The van der Waals surface area contributed by atoms with Crippen molar-refractivity contribution in [1.29, 1.82) is 0 Å². The van der Waals surface area contributed by atoms with E-state index >= 15 is 0 Å². The van der Waals surface area contributed by atoms with Gasteiger partial charge < -0.3 is 30.1 Å². The zero-order valence-corrected chi connectivity index (χ0v) is 14.9. The summed E-state index contributed by atoms with van der Waals surface area (Å²) in [6.45, 7) is 2.23. The van der Waals surface area contributed by atoms with Gasteiger partial charge in [-0.2, -0.15) is 0 Å². The van der Waals surface area contributed by atoms with Gasteiger partial charge in [0.25, 0.3) is 0 Å². The minimum atomic E-state index is -0.616. The van der Waals surface area contributed by atoms with E-state index in [0.29, 0.717) is 39.1 Å². The van der Waals surface area contributed by atoms with Crippen molar-refractivity contribution in [3.63, 3.8) is 0 Å². The van der Waals surface area contributed by atoms with E-state index in [1.165, 1.54) is 19.4 Å². The molecule has 0 unspecified atom stereocenters. The van der Waals surface area contributed by atoms with E-state index in [1.807, 2.05) is 0 Å². The summed E-state index contributed by atoms with van der Waals surface area (Å²) in [5, 5.41) is 38.1. The first-order valence-electron chi connectivity index (χ1n) is 8.11. The molecule has 27 heavy (non-hydrogen) atoms. The van der Waals surface area contributed by atoms with Crippen LogP contribution in [0.2, 0.25) is 0 Å². The lowest BCUT2D eigenvalue weighted by Crippen LogP contribution is -2.05. The normalized spacial score (nSPS) is 11.1. The molecular weight excluding hydrogens is 352 g/mol. The van der Waals surface area contributed by atoms with Gasteiger partial charge in [0.05, 0.1) is 32.6 Å². The molecule has 1 heterocycles. The maximum absolute atomic E-state index is 12.1. The smallest absolute Gasteiger partial charge is 0.355 e. The lowest BCUT2D eigenvalue weighted by Gasteiger charge is -2.16. The van der Waals surface area contributed by atoms with Gasteiger partial charge in [0, 0.05) is 17.3 Å². The van der Waals surface area contributed by atoms with Crippen LogP contribution in [0, 0.1) is 0 Å². The second-order valence-electron chi connectivity index (χ2n) is 5.55. The lowest BCUT2D eigenvalue weighted by molar-refractivity contribution is 0.0594. The summed E-state index contributed by atoms with van der Waals surface area (Å²) in [4.78, 5) is 18.8. The first kappa shape index (κ1) is 20.5.